The van der Waals surface area contributed by atoms with Crippen molar-refractivity contribution in [3.63, 3.8) is 0 Å². The number of amides is 1. The highest BCUT2D eigenvalue weighted by molar-refractivity contribution is 9.10. The molecule has 0 fully saturated rings. The zero-order valence-electron chi connectivity index (χ0n) is 9.15. The number of hydrogen-bond acceptors (Lipinski definition) is 2. The summed E-state index contributed by atoms with van der Waals surface area (Å²) in [5, 5.41) is 3.90. The summed E-state index contributed by atoms with van der Waals surface area (Å²) in [5.74, 6) is -0.288. The van der Waals surface area contributed by atoms with Crippen LogP contribution in [0.15, 0.2) is 50.6 Å². The highest BCUT2D eigenvalue weighted by atomic mass is 79.9. The van der Waals surface area contributed by atoms with E-state index in [1.807, 2.05) is 24.3 Å². The first-order valence-corrected chi connectivity index (χ1v) is 6.67. The Morgan fingerprint density at radius 3 is 2.78 bits per heavy atom. The average Bonchev–Trinajstić information content (AvgIpc) is 2.78. The third kappa shape index (κ3) is 3.30. The lowest BCUT2D eigenvalue weighted by Gasteiger charge is -1.98. The molecule has 0 radical (unpaired) electrons. The van der Waals surface area contributed by atoms with Crippen molar-refractivity contribution >= 4 is 44.0 Å². The molecule has 1 aromatic heterocycles. The lowest BCUT2D eigenvalue weighted by molar-refractivity contribution is 0.0951. The van der Waals surface area contributed by atoms with E-state index in [1.165, 1.54) is 0 Å². The van der Waals surface area contributed by atoms with Crippen LogP contribution in [0, 0.1) is 0 Å². The number of halogens is 2. The molecular weight excluding hydrogens is 362 g/mol. The van der Waals surface area contributed by atoms with Crippen molar-refractivity contribution in [2.45, 2.75) is 0 Å². The molecule has 0 bridgehead atoms. The number of nitrogens with one attached hydrogen (secondary N) is 2. The van der Waals surface area contributed by atoms with Crippen molar-refractivity contribution in [2.24, 2.45) is 5.10 Å². The fourth-order valence-corrected chi connectivity index (χ4v) is 2.03. The summed E-state index contributed by atoms with van der Waals surface area (Å²) >= 11 is 6.65. The maximum Gasteiger partial charge on any atom is 0.287 e. The zero-order valence-corrected chi connectivity index (χ0v) is 12.3. The molecule has 1 amide bonds. The van der Waals surface area contributed by atoms with Crippen LogP contribution in [0.4, 0.5) is 0 Å². The van der Waals surface area contributed by atoms with Crippen molar-refractivity contribution in [3.05, 3.63) is 56.7 Å². The average molecular weight is 371 g/mol. The minimum atomic E-state index is -0.288. The van der Waals surface area contributed by atoms with E-state index in [1.54, 1.807) is 18.5 Å². The van der Waals surface area contributed by atoms with Gasteiger partial charge in [-0.25, -0.2) is 5.43 Å². The predicted molar refractivity (Wildman–Crippen MR) is 77.7 cm³/mol. The molecule has 0 aliphatic heterocycles. The van der Waals surface area contributed by atoms with Crippen LogP contribution in [0.3, 0.4) is 0 Å². The Morgan fingerprint density at radius 2 is 2.11 bits per heavy atom. The van der Waals surface area contributed by atoms with Crippen molar-refractivity contribution in [1.29, 1.82) is 0 Å². The Labute approximate surface area is 121 Å². The van der Waals surface area contributed by atoms with Gasteiger partial charge in [0.15, 0.2) is 0 Å². The topological polar surface area (TPSA) is 57.2 Å². The highest BCUT2D eigenvalue weighted by Crippen LogP contribution is 2.13. The first-order chi connectivity index (χ1) is 8.66. The van der Waals surface area contributed by atoms with Gasteiger partial charge in [-0.3, -0.25) is 4.79 Å². The Balaban J connectivity index is 2.00. The first kappa shape index (κ1) is 13.0. The van der Waals surface area contributed by atoms with E-state index in [0.717, 1.165) is 14.5 Å². The second-order valence-corrected chi connectivity index (χ2v) is 5.22. The smallest absolute Gasteiger partial charge is 0.287 e. The van der Waals surface area contributed by atoms with Crippen LogP contribution < -0.4 is 5.43 Å². The zero-order chi connectivity index (χ0) is 13.0. The number of carbonyl (C=O) groups is 1. The van der Waals surface area contributed by atoms with Gasteiger partial charge in [0.05, 0.1) is 6.21 Å². The van der Waals surface area contributed by atoms with Gasteiger partial charge in [-0.2, -0.15) is 5.10 Å². The number of hydrazone groups is 1. The van der Waals surface area contributed by atoms with Gasteiger partial charge in [0, 0.05) is 20.7 Å². The van der Waals surface area contributed by atoms with Crippen LogP contribution >= 0.6 is 31.9 Å². The van der Waals surface area contributed by atoms with E-state index in [-0.39, 0.29) is 5.91 Å². The van der Waals surface area contributed by atoms with Crippen molar-refractivity contribution in [3.8, 4) is 0 Å². The molecule has 2 N–H and O–H groups in total. The van der Waals surface area contributed by atoms with Crippen molar-refractivity contribution in [1.82, 2.24) is 10.4 Å². The number of carbonyl (C=O) groups excluding carboxylic acids is 1. The molecule has 2 aromatic rings. The highest BCUT2D eigenvalue weighted by Gasteiger charge is 2.05. The van der Waals surface area contributed by atoms with Gasteiger partial charge in [-0.05, 0) is 28.1 Å². The normalized spacial score (nSPS) is 10.8. The number of nitrogens with zero attached hydrogens (tertiary/aromatic N) is 1. The molecule has 92 valence electrons. The monoisotopic (exact) mass is 369 g/mol. The number of aromatic amines is 1. The van der Waals surface area contributed by atoms with Gasteiger partial charge < -0.3 is 4.98 Å². The molecule has 1 heterocycles. The van der Waals surface area contributed by atoms with Crippen LogP contribution in [-0.2, 0) is 0 Å². The summed E-state index contributed by atoms with van der Waals surface area (Å²) in [5.41, 5.74) is 3.79. The number of aromatic nitrogens is 1. The molecule has 0 saturated carbocycles. The summed E-state index contributed by atoms with van der Waals surface area (Å²) < 4.78 is 1.74. The predicted octanol–water partition coefficient (Wildman–Crippen LogP) is 3.30. The molecule has 0 unspecified atom stereocenters. The van der Waals surface area contributed by atoms with Gasteiger partial charge in [-0.1, -0.05) is 34.1 Å². The molecule has 0 aliphatic rings. The molecular formula is C12H9Br2N3O. The van der Waals surface area contributed by atoms with Crippen molar-refractivity contribution < 1.29 is 4.79 Å². The second kappa shape index (κ2) is 5.97. The van der Waals surface area contributed by atoms with Crippen LogP contribution in [0.2, 0.25) is 0 Å². The lowest BCUT2D eigenvalue weighted by Crippen LogP contribution is -2.17. The van der Waals surface area contributed by atoms with E-state index >= 15 is 0 Å². The molecule has 0 spiro atoms. The quantitative estimate of drug-likeness (QED) is 0.632. The van der Waals surface area contributed by atoms with Gasteiger partial charge in [0.1, 0.15) is 5.69 Å². The lowest BCUT2D eigenvalue weighted by atomic mass is 10.2. The van der Waals surface area contributed by atoms with Gasteiger partial charge in [-0.15, -0.1) is 0 Å². The van der Waals surface area contributed by atoms with E-state index in [2.05, 4.69) is 47.4 Å². The van der Waals surface area contributed by atoms with E-state index in [4.69, 9.17) is 0 Å². The van der Waals surface area contributed by atoms with E-state index in [9.17, 15) is 4.79 Å². The Kier molecular flexibility index (Phi) is 4.33. The molecule has 0 saturated heterocycles. The Bertz CT molecular complexity index is 593. The summed E-state index contributed by atoms with van der Waals surface area (Å²) in [6.45, 7) is 0. The molecule has 2 rings (SSSR count). The Hall–Kier alpha value is -1.40. The number of hydrogen-bond donors (Lipinski definition) is 2. The molecule has 1 aromatic carbocycles. The van der Waals surface area contributed by atoms with Gasteiger partial charge in [0.2, 0.25) is 0 Å². The number of benzene rings is 1. The summed E-state index contributed by atoms with van der Waals surface area (Å²) in [6, 6.07) is 9.30. The van der Waals surface area contributed by atoms with Gasteiger partial charge in [0.25, 0.3) is 5.91 Å². The maximum absolute atomic E-state index is 11.6. The van der Waals surface area contributed by atoms with Crippen LogP contribution in [0.25, 0.3) is 0 Å². The number of H-pyrrole nitrogens is 1. The van der Waals surface area contributed by atoms with E-state index < -0.39 is 0 Å². The maximum atomic E-state index is 11.6. The summed E-state index contributed by atoms with van der Waals surface area (Å²) in [7, 11) is 0. The fourth-order valence-electron chi connectivity index (χ4n) is 1.30. The van der Waals surface area contributed by atoms with Gasteiger partial charge >= 0.3 is 0 Å². The summed E-state index contributed by atoms with van der Waals surface area (Å²) in [4.78, 5) is 14.5. The largest absolute Gasteiger partial charge is 0.356 e. The van der Waals surface area contributed by atoms with Crippen LogP contribution in [-0.4, -0.2) is 17.1 Å². The SMILES string of the molecule is O=C(N/N=C\c1ccccc1Br)c1cc(Br)c[nH]1. The summed E-state index contributed by atoms with van der Waals surface area (Å²) in [6.07, 6.45) is 3.27. The molecule has 18 heavy (non-hydrogen) atoms. The third-order valence-corrected chi connectivity index (χ3v) is 3.35. The Morgan fingerprint density at radius 1 is 1.33 bits per heavy atom. The van der Waals surface area contributed by atoms with E-state index in [0.29, 0.717) is 5.69 Å². The second-order valence-electron chi connectivity index (χ2n) is 3.45. The molecule has 4 nitrogen and oxygen atoms in total. The van der Waals surface area contributed by atoms with Crippen molar-refractivity contribution in [2.75, 3.05) is 0 Å². The third-order valence-electron chi connectivity index (χ3n) is 2.17. The van der Waals surface area contributed by atoms with Crippen LogP contribution in [0.1, 0.15) is 16.1 Å². The minimum absolute atomic E-state index is 0.288. The fraction of sp³-hybridized carbons (Fsp3) is 0. The molecule has 0 atom stereocenters. The van der Waals surface area contributed by atoms with Crippen LogP contribution in [0.5, 0.6) is 0 Å². The standard InChI is InChI=1S/C12H9Br2N3O/c13-9-5-11(15-7-9)12(18)17-16-6-8-3-1-2-4-10(8)14/h1-7,15H,(H,17,18)/b16-6-. The minimum Gasteiger partial charge on any atom is -0.356 e. The molecule has 0 aliphatic carbocycles. The first-order valence-electron chi connectivity index (χ1n) is 5.08. The number of rotatable bonds is 3. The molecule has 6 heteroatoms.